The zero-order valence-corrected chi connectivity index (χ0v) is 17.8. The van der Waals surface area contributed by atoms with Crippen molar-refractivity contribution >= 4 is 40.1 Å². The number of halogens is 1. The van der Waals surface area contributed by atoms with Crippen molar-refractivity contribution in [1.82, 2.24) is 9.97 Å². The summed E-state index contributed by atoms with van der Waals surface area (Å²) in [5.74, 6) is 0.686. The number of pyridine rings is 1. The number of anilines is 1. The SMILES string of the molecule is COc1cc(/C=C/C(=O)Nc2nc(-c3ccccn3)cs2)cc(Cl)c1OC(C)C. The van der Waals surface area contributed by atoms with Gasteiger partial charge in [-0.2, -0.15) is 0 Å². The van der Waals surface area contributed by atoms with Gasteiger partial charge in [-0.1, -0.05) is 17.7 Å². The van der Waals surface area contributed by atoms with E-state index in [2.05, 4.69) is 15.3 Å². The highest BCUT2D eigenvalue weighted by Crippen LogP contribution is 2.37. The lowest BCUT2D eigenvalue weighted by molar-refractivity contribution is -0.111. The first kappa shape index (κ1) is 20.8. The molecule has 3 rings (SSSR count). The highest BCUT2D eigenvalue weighted by atomic mass is 35.5. The van der Waals surface area contributed by atoms with Crippen LogP contribution in [0.25, 0.3) is 17.5 Å². The summed E-state index contributed by atoms with van der Waals surface area (Å²) in [5.41, 5.74) is 2.18. The minimum Gasteiger partial charge on any atom is -0.493 e. The van der Waals surface area contributed by atoms with Crippen LogP contribution in [0.3, 0.4) is 0 Å². The van der Waals surface area contributed by atoms with Crippen LogP contribution in [0.1, 0.15) is 19.4 Å². The van der Waals surface area contributed by atoms with Gasteiger partial charge in [0.2, 0.25) is 5.91 Å². The van der Waals surface area contributed by atoms with Crippen molar-refractivity contribution in [3.8, 4) is 22.9 Å². The second-order valence-electron chi connectivity index (χ2n) is 6.28. The van der Waals surface area contributed by atoms with Gasteiger partial charge in [-0.15, -0.1) is 11.3 Å². The number of carbonyl (C=O) groups excluding carboxylic acids is 1. The van der Waals surface area contributed by atoms with Crippen LogP contribution < -0.4 is 14.8 Å². The number of nitrogens with zero attached hydrogens (tertiary/aromatic N) is 2. The van der Waals surface area contributed by atoms with Crippen molar-refractivity contribution in [3.63, 3.8) is 0 Å². The van der Waals surface area contributed by atoms with Gasteiger partial charge in [0.05, 0.1) is 23.9 Å². The molecule has 8 heteroatoms. The van der Waals surface area contributed by atoms with E-state index in [0.717, 1.165) is 5.69 Å². The lowest BCUT2D eigenvalue weighted by Crippen LogP contribution is -2.08. The molecule has 1 aromatic carbocycles. The lowest BCUT2D eigenvalue weighted by Gasteiger charge is -2.15. The number of rotatable bonds is 7. The number of methoxy groups -OCH3 is 1. The number of thiazole rings is 1. The van der Waals surface area contributed by atoms with Crippen molar-refractivity contribution in [3.05, 3.63) is 58.6 Å². The Morgan fingerprint density at radius 1 is 1.28 bits per heavy atom. The number of carbonyl (C=O) groups is 1. The topological polar surface area (TPSA) is 73.3 Å². The van der Waals surface area contributed by atoms with E-state index in [0.29, 0.717) is 32.9 Å². The molecule has 0 aliphatic heterocycles. The normalized spacial score (nSPS) is 11.1. The smallest absolute Gasteiger partial charge is 0.250 e. The Labute approximate surface area is 178 Å². The molecular weight excluding hydrogens is 410 g/mol. The van der Waals surface area contributed by atoms with Crippen LogP contribution in [0.2, 0.25) is 5.02 Å². The standard InChI is InChI=1S/C21H20ClN3O3S/c1-13(2)28-20-15(22)10-14(11-18(20)27-3)7-8-19(26)25-21-24-17(12-29-21)16-6-4-5-9-23-16/h4-13H,1-3H3,(H,24,25,26)/b8-7+. The molecule has 2 aromatic heterocycles. The van der Waals surface area contributed by atoms with Crippen LogP contribution in [-0.4, -0.2) is 29.1 Å². The van der Waals surface area contributed by atoms with Crippen LogP contribution in [0.4, 0.5) is 5.13 Å². The third kappa shape index (κ3) is 5.56. The van der Waals surface area contributed by atoms with Gasteiger partial charge in [0.15, 0.2) is 16.6 Å². The first-order chi connectivity index (χ1) is 14.0. The van der Waals surface area contributed by atoms with Gasteiger partial charge in [0.25, 0.3) is 0 Å². The molecule has 2 heterocycles. The van der Waals surface area contributed by atoms with Gasteiger partial charge in [0.1, 0.15) is 5.69 Å². The minimum atomic E-state index is -0.301. The minimum absolute atomic E-state index is 0.0390. The van der Waals surface area contributed by atoms with E-state index in [4.69, 9.17) is 21.1 Å². The molecule has 29 heavy (non-hydrogen) atoms. The third-order valence-corrected chi connectivity index (χ3v) is 4.73. The molecule has 0 saturated heterocycles. The fraction of sp³-hybridized carbons (Fsp3) is 0.190. The number of hydrogen-bond donors (Lipinski definition) is 1. The molecule has 1 amide bonds. The fourth-order valence-corrected chi connectivity index (χ4v) is 3.44. The maximum absolute atomic E-state index is 12.2. The van der Waals surface area contributed by atoms with Gasteiger partial charge in [-0.05, 0) is 49.8 Å². The number of hydrogen-bond acceptors (Lipinski definition) is 6. The number of amides is 1. The van der Waals surface area contributed by atoms with E-state index in [1.807, 2.05) is 37.4 Å². The first-order valence-corrected chi connectivity index (χ1v) is 10.1. The van der Waals surface area contributed by atoms with Crippen molar-refractivity contribution in [2.75, 3.05) is 12.4 Å². The van der Waals surface area contributed by atoms with Crippen molar-refractivity contribution in [2.45, 2.75) is 20.0 Å². The largest absolute Gasteiger partial charge is 0.493 e. The summed E-state index contributed by atoms with van der Waals surface area (Å²) in [6, 6.07) is 9.07. The molecule has 6 nitrogen and oxygen atoms in total. The zero-order valence-electron chi connectivity index (χ0n) is 16.2. The van der Waals surface area contributed by atoms with Crippen LogP contribution in [0.15, 0.2) is 48.0 Å². The molecule has 1 N–H and O–H groups in total. The van der Waals surface area contributed by atoms with E-state index < -0.39 is 0 Å². The van der Waals surface area contributed by atoms with Gasteiger partial charge in [0, 0.05) is 17.7 Å². The second-order valence-corrected chi connectivity index (χ2v) is 7.54. The maximum Gasteiger partial charge on any atom is 0.250 e. The molecule has 0 aliphatic rings. The quantitative estimate of drug-likeness (QED) is 0.515. The van der Waals surface area contributed by atoms with Crippen LogP contribution in [0.5, 0.6) is 11.5 Å². The number of ether oxygens (including phenoxy) is 2. The number of nitrogens with one attached hydrogen (secondary N) is 1. The molecule has 0 fully saturated rings. The molecule has 3 aromatic rings. The van der Waals surface area contributed by atoms with Gasteiger partial charge >= 0.3 is 0 Å². The van der Waals surface area contributed by atoms with Crippen LogP contribution in [-0.2, 0) is 4.79 Å². The summed E-state index contributed by atoms with van der Waals surface area (Å²) < 4.78 is 11.0. The van der Waals surface area contributed by atoms with Gasteiger partial charge in [-0.25, -0.2) is 4.98 Å². The first-order valence-electron chi connectivity index (χ1n) is 8.86. The molecule has 0 aliphatic carbocycles. The lowest BCUT2D eigenvalue weighted by atomic mass is 10.2. The molecule has 0 spiro atoms. The van der Waals surface area contributed by atoms with Crippen molar-refractivity contribution < 1.29 is 14.3 Å². The van der Waals surface area contributed by atoms with E-state index in [-0.39, 0.29) is 12.0 Å². The number of aromatic nitrogens is 2. The predicted octanol–water partition coefficient (Wildman–Crippen LogP) is 5.31. The highest BCUT2D eigenvalue weighted by molar-refractivity contribution is 7.14. The monoisotopic (exact) mass is 429 g/mol. The Morgan fingerprint density at radius 3 is 2.79 bits per heavy atom. The van der Waals surface area contributed by atoms with Crippen LogP contribution >= 0.6 is 22.9 Å². The molecule has 0 unspecified atom stereocenters. The summed E-state index contributed by atoms with van der Waals surface area (Å²) >= 11 is 7.65. The molecular formula is C21H20ClN3O3S. The average molecular weight is 430 g/mol. The Balaban J connectivity index is 1.69. The van der Waals surface area contributed by atoms with E-state index >= 15 is 0 Å². The maximum atomic E-state index is 12.2. The summed E-state index contributed by atoms with van der Waals surface area (Å²) in [6.45, 7) is 3.82. The summed E-state index contributed by atoms with van der Waals surface area (Å²) in [4.78, 5) is 20.9. The second kappa shape index (κ2) is 9.54. The molecule has 0 radical (unpaired) electrons. The zero-order chi connectivity index (χ0) is 20.8. The summed E-state index contributed by atoms with van der Waals surface area (Å²) in [5, 5.41) is 5.51. The van der Waals surface area contributed by atoms with E-state index in [9.17, 15) is 4.79 Å². The average Bonchev–Trinajstić information content (AvgIpc) is 3.17. The molecule has 0 bridgehead atoms. The van der Waals surface area contributed by atoms with E-state index in [1.165, 1.54) is 17.4 Å². The predicted molar refractivity (Wildman–Crippen MR) is 117 cm³/mol. The van der Waals surface area contributed by atoms with Crippen molar-refractivity contribution in [1.29, 1.82) is 0 Å². The fourth-order valence-electron chi connectivity index (χ4n) is 2.47. The summed E-state index contributed by atoms with van der Waals surface area (Å²) in [7, 11) is 1.54. The Hall–Kier alpha value is -2.90. The van der Waals surface area contributed by atoms with Crippen LogP contribution in [0, 0.1) is 0 Å². The van der Waals surface area contributed by atoms with Gasteiger partial charge in [-0.3, -0.25) is 15.1 Å². The highest BCUT2D eigenvalue weighted by Gasteiger charge is 2.13. The molecule has 0 saturated carbocycles. The Bertz CT molecular complexity index is 1020. The van der Waals surface area contributed by atoms with Crippen molar-refractivity contribution in [2.24, 2.45) is 0 Å². The molecule has 0 atom stereocenters. The van der Waals surface area contributed by atoms with Gasteiger partial charge < -0.3 is 9.47 Å². The number of benzene rings is 1. The summed E-state index contributed by atoms with van der Waals surface area (Å²) in [6.07, 6.45) is 4.72. The Kier molecular flexibility index (Phi) is 6.85. The van der Waals surface area contributed by atoms with E-state index in [1.54, 1.807) is 31.5 Å². The molecule has 150 valence electrons. The Morgan fingerprint density at radius 2 is 2.10 bits per heavy atom. The third-order valence-electron chi connectivity index (χ3n) is 3.69.